The average molecular weight is 560 g/mol. The minimum atomic E-state index is -0.0113. The monoisotopic (exact) mass is 559 g/mol. The fourth-order valence-corrected chi connectivity index (χ4v) is 5.47. The van der Waals surface area contributed by atoms with Gasteiger partial charge < -0.3 is 10.0 Å². The molecule has 0 bridgehead atoms. The number of fused-ring (bicyclic) bond motifs is 1. The van der Waals surface area contributed by atoms with Gasteiger partial charge in [0, 0.05) is 22.3 Å². The molecule has 3 heteroatoms. The van der Waals surface area contributed by atoms with Crippen LogP contribution in [0.1, 0.15) is 43.7 Å². The first-order valence-electron chi connectivity index (χ1n) is 14.5. The molecule has 0 unspecified atom stereocenters. The third-order valence-electron chi connectivity index (χ3n) is 7.87. The van der Waals surface area contributed by atoms with E-state index in [0.717, 1.165) is 45.2 Å². The van der Waals surface area contributed by atoms with E-state index in [1.165, 1.54) is 27.8 Å². The predicted molar refractivity (Wildman–Crippen MR) is 179 cm³/mol. The Bertz CT molecular complexity index is 1850. The lowest BCUT2D eigenvalue weighted by molar-refractivity contribution is 0.112. The van der Waals surface area contributed by atoms with Gasteiger partial charge in [0.1, 0.15) is 0 Å². The third-order valence-corrected chi connectivity index (χ3v) is 7.87. The summed E-state index contributed by atoms with van der Waals surface area (Å²) in [7, 11) is 0. The zero-order chi connectivity index (χ0) is 29.8. The van der Waals surface area contributed by atoms with Crippen molar-refractivity contribution in [3.63, 3.8) is 0 Å². The van der Waals surface area contributed by atoms with Crippen molar-refractivity contribution in [3.05, 3.63) is 172 Å². The molecule has 0 aliphatic rings. The Hall–Kier alpha value is -5.25. The number of carbonyl (C=O) groups is 1. The molecule has 0 aromatic heterocycles. The average Bonchev–Trinajstić information content (AvgIpc) is 3.06. The van der Waals surface area contributed by atoms with Gasteiger partial charge in [0.15, 0.2) is 6.29 Å². The standard InChI is InChI=1S/C40H33NO2/c1-28-7-15-32(16-8-28)39(33-17-9-29(2)10-18-33)25-30-11-20-35(21-12-30)41(36-22-13-31(26-42)14-23-36)40-24-19-34(27-43)37-5-3-4-6-38(37)40/h3-25,27,42H,26H2,1-2H3. The maximum atomic E-state index is 11.8. The molecule has 0 fully saturated rings. The summed E-state index contributed by atoms with van der Waals surface area (Å²) in [5.41, 5.74) is 11.5. The molecule has 6 rings (SSSR count). The fourth-order valence-electron chi connectivity index (χ4n) is 5.47. The molecule has 0 atom stereocenters. The van der Waals surface area contributed by atoms with E-state index in [9.17, 15) is 9.90 Å². The molecule has 0 saturated carbocycles. The molecule has 6 aromatic rings. The second-order valence-corrected chi connectivity index (χ2v) is 10.9. The van der Waals surface area contributed by atoms with Gasteiger partial charge in [0.05, 0.1) is 12.3 Å². The summed E-state index contributed by atoms with van der Waals surface area (Å²) in [5, 5.41) is 11.5. The highest BCUT2D eigenvalue weighted by Crippen LogP contribution is 2.40. The molecule has 0 amide bonds. The lowest BCUT2D eigenvalue weighted by Crippen LogP contribution is -2.11. The van der Waals surface area contributed by atoms with Crippen LogP contribution in [0.3, 0.4) is 0 Å². The minimum Gasteiger partial charge on any atom is -0.392 e. The van der Waals surface area contributed by atoms with Crippen molar-refractivity contribution in [2.24, 2.45) is 0 Å². The van der Waals surface area contributed by atoms with Crippen LogP contribution in [-0.2, 0) is 6.61 Å². The summed E-state index contributed by atoms with van der Waals surface area (Å²) in [6.45, 7) is 4.20. The summed E-state index contributed by atoms with van der Waals surface area (Å²) in [6, 6.07) is 45.7. The topological polar surface area (TPSA) is 40.5 Å². The van der Waals surface area contributed by atoms with Gasteiger partial charge in [-0.25, -0.2) is 0 Å². The summed E-state index contributed by atoms with van der Waals surface area (Å²) >= 11 is 0. The molecule has 43 heavy (non-hydrogen) atoms. The van der Waals surface area contributed by atoms with Crippen LogP contribution >= 0.6 is 0 Å². The van der Waals surface area contributed by atoms with E-state index in [2.05, 4.69) is 104 Å². The number of nitrogens with zero attached hydrogens (tertiary/aromatic N) is 1. The second kappa shape index (κ2) is 12.3. The molecule has 6 aromatic carbocycles. The Kier molecular flexibility index (Phi) is 7.99. The molecule has 3 nitrogen and oxygen atoms in total. The van der Waals surface area contributed by atoms with Gasteiger partial charge in [-0.05, 0) is 89.5 Å². The lowest BCUT2D eigenvalue weighted by atomic mass is 9.94. The Morgan fingerprint density at radius 2 is 1.16 bits per heavy atom. The first-order valence-corrected chi connectivity index (χ1v) is 14.5. The van der Waals surface area contributed by atoms with E-state index in [4.69, 9.17) is 0 Å². The quantitative estimate of drug-likeness (QED) is 0.149. The highest BCUT2D eigenvalue weighted by atomic mass is 16.3. The maximum Gasteiger partial charge on any atom is 0.150 e. The highest BCUT2D eigenvalue weighted by Gasteiger charge is 2.17. The van der Waals surface area contributed by atoms with Gasteiger partial charge in [-0.15, -0.1) is 0 Å². The number of aliphatic hydroxyl groups is 1. The van der Waals surface area contributed by atoms with E-state index in [1.54, 1.807) is 0 Å². The van der Waals surface area contributed by atoms with E-state index < -0.39 is 0 Å². The lowest BCUT2D eigenvalue weighted by Gasteiger charge is -2.27. The van der Waals surface area contributed by atoms with Crippen molar-refractivity contribution in [1.82, 2.24) is 0 Å². The van der Waals surface area contributed by atoms with E-state index in [-0.39, 0.29) is 6.61 Å². The van der Waals surface area contributed by atoms with Crippen LogP contribution < -0.4 is 4.90 Å². The molecule has 1 N–H and O–H groups in total. The maximum absolute atomic E-state index is 11.8. The third kappa shape index (κ3) is 5.90. The zero-order valence-electron chi connectivity index (χ0n) is 24.4. The van der Waals surface area contributed by atoms with Gasteiger partial charge in [0.2, 0.25) is 0 Å². The summed E-state index contributed by atoms with van der Waals surface area (Å²) in [5.74, 6) is 0. The molecule has 0 heterocycles. The summed E-state index contributed by atoms with van der Waals surface area (Å²) < 4.78 is 0. The van der Waals surface area contributed by atoms with Gasteiger partial charge in [-0.1, -0.05) is 108 Å². The van der Waals surface area contributed by atoms with Gasteiger partial charge >= 0.3 is 0 Å². The first-order chi connectivity index (χ1) is 21.0. The number of hydrogen-bond acceptors (Lipinski definition) is 3. The van der Waals surface area contributed by atoms with Crippen LogP contribution in [-0.4, -0.2) is 11.4 Å². The SMILES string of the molecule is Cc1ccc(C(=Cc2ccc(N(c3ccc(CO)cc3)c3ccc(C=O)c4ccccc34)cc2)c2ccc(C)cc2)cc1. The smallest absolute Gasteiger partial charge is 0.150 e. The van der Waals surface area contributed by atoms with Crippen molar-refractivity contribution in [2.75, 3.05) is 4.90 Å². The number of aryl methyl sites for hydroxylation is 2. The van der Waals surface area contributed by atoms with Gasteiger partial charge in [-0.2, -0.15) is 0 Å². The molecular weight excluding hydrogens is 526 g/mol. The molecular formula is C40H33NO2. The normalized spacial score (nSPS) is 10.9. The predicted octanol–water partition coefficient (Wildman–Crippen LogP) is 9.82. The molecule has 0 spiro atoms. The van der Waals surface area contributed by atoms with Crippen LogP contribution in [0.15, 0.2) is 133 Å². The summed E-state index contributed by atoms with van der Waals surface area (Å²) in [6.07, 6.45) is 3.15. The Labute approximate surface area is 253 Å². The summed E-state index contributed by atoms with van der Waals surface area (Å²) in [4.78, 5) is 14.0. The number of benzene rings is 6. The minimum absolute atomic E-state index is 0.0113. The Balaban J connectivity index is 1.46. The zero-order valence-corrected chi connectivity index (χ0v) is 24.4. The number of rotatable bonds is 8. The first kappa shape index (κ1) is 27.9. The number of aldehydes is 1. The van der Waals surface area contributed by atoms with Crippen LogP contribution in [0.5, 0.6) is 0 Å². The number of carbonyl (C=O) groups excluding carboxylic acids is 1. The van der Waals surface area contributed by atoms with Crippen molar-refractivity contribution in [2.45, 2.75) is 20.5 Å². The Morgan fingerprint density at radius 3 is 1.70 bits per heavy atom. The van der Waals surface area contributed by atoms with Crippen molar-refractivity contribution in [1.29, 1.82) is 0 Å². The van der Waals surface area contributed by atoms with Gasteiger partial charge in [0.25, 0.3) is 0 Å². The van der Waals surface area contributed by atoms with Crippen molar-refractivity contribution >= 4 is 45.8 Å². The van der Waals surface area contributed by atoms with Crippen LogP contribution in [0, 0.1) is 13.8 Å². The molecule has 0 aliphatic heterocycles. The molecule has 0 aliphatic carbocycles. The van der Waals surface area contributed by atoms with E-state index in [1.807, 2.05) is 54.6 Å². The van der Waals surface area contributed by atoms with E-state index >= 15 is 0 Å². The Morgan fingerprint density at radius 1 is 0.628 bits per heavy atom. The number of aliphatic hydroxyl groups excluding tert-OH is 1. The van der Waals surface area contributed by atoms with E-state index in [0.29, 0.717) is 5.56 Å². The molecule has 0 saturated heterocycles. The number of anilines is 3. The molecule has 210 valence electrons. The fraction of sp³-hybridized carbons (Fsp3) is 0.0750. The van der Waals surface area contributed by atoms with Crippen LogP contribution in [0.4, 0.5) is 17.1 Å². The second-order valence-electron chi connectivity index (χ2n) is 10.9. The number of hydrogen-bond donors (Lipinski definition) is 1. The van der Waals surface area contributed by atoms with Crippen LogP contribution in [0.25, 0.3) is 22.4 Å². The van der Waals surface area contributed by atoms with Crippen molar-refractivity contribution < 1.29 is 9.90 Å². The van der Waals surface area contributed by atoms with Crippen molar-refractivity contribution in [3.8, 4) is 0 Å². The largest absolute Gasteiger partial charge is 0.392 e. The van der Waals surface area contributed by atoms with Crippen LogP contribution in [0.2, 0.25) is 0 Å². The van der Waals surface area contributed by atoms with Gasteiger partial charge in [-0.3, -0.25) is 4.79 Å². The highest BCUT2D eigenvalue weighted by molar-refractivity contribution is 6.06. The molecule has 0 radical (unpaired) electrons.